The maximum Gasteiger partial charge on any atom is 0.126 e. The molecular weight excluding hydrogens is 388 g/mol. The standard InChI is InChI=1S/C24H29ClO4/c1-2-16-4-6-17(7-5-16)10-18-11-21-23(14-22(18)25)28-9-3-8-27-15-20-12-19(26)13-24(21)29-20/h4-7,11,14,19-20,24,26H,2-3,8-10,12-13,15H2,1H3. The molecule has 0 aliphatic carbocycles. The summed E-state index contributed by atoms with van der Waals surface area (Å²) in [5, 5.41) is 11.1. The molecule has 3 unspecified atom stereocenters. The molecule has 2 bridgehead atoms. The fourth-order valence-corrected chi connectivity index (χ4v) is 4.32. The third kappa shape index (κ3) is 5.13. The number of hydrogen-bond acceptors (Lipinski definition) is 4. The van der Waals surface area contributed by atoms with Gasteiger partial charge in [-0.2, -0.15) is 0 Å². The summed E-state index contributed by atoms with van der Waals surface area (Å²) in [4.78, 5) is 0. The quantitative estimate of drug-likeness (QED) is 0.775. The fourth-order valence-electron chi connectivity index (χ4n) is 4.10. The summed E-state index contributed by atoms with van der Waals surface area (Å²) in [6, 6.07) is 12.7. The van der Waals surface area contributed by atoms with Gasteiger partial charge >= 0.3 is 0 Å². The van der Waals surface area contributed by atoms with Gasteiger partial charge in [0.05, 0.1) is 31.5 Å². The van der Waals surface area contributed by atoms with Crippen molar-refractivity contribution in [2.24, 2.45) is 0 Å². The van der Waals surface area contributed by atoms with Gasteiger partial charge in [-0.1, -0.05) is 42.8 Å². The summed E-state index contributed by atoms with van der Waals surface area (Å²) in [6.45, 7) is 3.86. The van der Waals surface area contributed by atoms with Crippen molar-refractivity contribution >= 4 is 11.6 Å². The molecule has 2 aliphatic heterocycles. The molecule has 3 atom stereocenters. The molecule has 0 spiro atoms. The van der Waals surface area contributed by atoms with Gasteiger partial charge in [-0.3, -0.25) is 0 Å². The Morgan fingerprint density at radius 2 is 1.86 bits per heavy atom. The monoisotopic (exact) mass is 416 g/mol. The van der Waals surface area contributed by atoms with Crippen LogP contribution in [-0.2, 0) is 22.3 Å². The minimum Gasteiger partial charge on any atom is -0.493 e. The van der Waals surface area contributed by atoms with Crippen LogP contribution < -0.4 is 4.74 Å². The Morgan fingerprint density at radius 3 is 2.66 bits per heavy atom. The molecule has 2 heterocycles. The summed E-state index contributed by atoms with van der Waals surface area (Å²) in [7, 11) is 0. The Kier molecular flexibility index (Phi) is 6.76. The van der Waals surface area contributed by atoms with Crippen LogP contribution in [0.3, 0.4) is 0 Å². The zero-order valence-corrected chi connectivity index (χ0v) is 17.7. The predicted octanol–water partition coefficient (Wildman–Crippen LogP) is 4.87. The second kappa shape index (κ2) is 9.48. The van der Waals surface area contributed by atoms with Crippen LogP contribution in [0, 0.1) is 0 Å². The van der Waals surface area contributed by atoms with Gasteiger partial charge in [0.2, 0.25) is 0 Å². The maximum atomic E-state index is 10.4. The van der Waals surface area contributed by atoms with Crippen molar-refractivity contribution in [2.45, 2.75) is 57.3 Å². The van der Waals surface area contributed by atoms with E-state index in [1.54, 1.807) is 0 Å². The Morgan fingerprint density at radius 1 is 1.07 bits per heavy atom. The lowest BCUT2D eigenvalue weighted by Crippen LogP contribution is -2.34. The molecule has 0 saturated carbocycles. The summed E-state index contributed by atoms with van der Waals surface area (Å²) < 4.78 is 18.0. The van der Waals surface area contributed by atoms with E-state index in [1.165, 1.54) is 11.1 Å². The lowest BCUT2D eigenvalue weighted by molar-refractivity contribution is -0.122. The third-order valence-electron chi connectivity index (χ3n) is 5.72. The van der Waals surface area contributed by atoms with Crippen molar-refractivity contribution in [3.05, 3.63) is 63.7 Å². The molecule has 0 amide bonds. The van der Waals surface area contributed by atoms with Crippen LogP contribution in [0.5, 0.6) is 5.75 Å². The zero-order valence-electron chi connectivity index (χ0n) is 16.9. The zero-order chi connectivity index (χ0) is 20.2. The molecule has 1 fully saturated rings. The fraction of sp³-hybridized carbons (Fsp3) is 0.500. The highest BCUT2D eigenvalue weighted by Gasteiger charge is 2.32. The van der Waals surface area contributed by atoms with E-state index in [1.807, 2.05) is 6.07 Å². The molecule has 5 heteroatoms. The Bertz CT molecular complexity index is 820. The average molecular weight is 417 g/mol. The van der Waals surface area contributed by atoms with Crippen LogP contribution in [0.2, 0.25) is 5.02 Å². The normalized spacial score (nSPS) is 24.9. The van der Waals surface area contributed by atoms with Gasteiger partial charge in [-0.25, -0.2) is 0 Å². The average Bonchev–Trinajstić information content (AvgIpc) is 2.74. The maximum absolute atomic E-state index is 10.4. The number of fused-ring (bicyclic) bond motifs is 4. The second-order valence-corrected chi connectivity index (χ2v) is 8.38. The van der Waals surface area contributed by atoms with Crippen LogP contribution in [0.1, 0.15) is 54.5 Å². The van der Waals surface area contributed by atoms with Gasteiger partial charge in [0.1, 0.15) is 5.75 Å². The molecule has 0 aromatic heterocycles. The Labute approximate surface area is 177 Å². The number of rotatable bonds is 3. The molecular formula is C24H29ClO4. The number of hydrogen-bond donors (Lipinski definition) is 1. The minimum atomic E-state index is -0.406. The smallest absolute Gasteiger partial charge is 0.126 e. The summed E-state index contributed by atoms with van der Waals surface area (Å²) in [6.07, 6.45) is 3.02. The first-order valence-corrected chi connectivity index (χ1v) is 10.9. The lowest BCUT2D eigenvalue weighted by atomic mass is 9.93. The van der Waals surface area contributed by atoms with Gasteiger partial charge in [0, 0.05) is 36.5 Å². The van der Waals surface area contributed by atoms with Crippen LogP contribution in [0.4, 0.5) is 0 Å². The van der Waals surface area contributed by atoms with E-state index in [-0.39, 0.29) is 12.2 Å². The van der Waals surface area contributed by atoms with E-state index in [2.05, 4.69) is 37.3 Å². The van der Waals surface area contributed by atoms with Crippen molar-refractivity contribution in [1.29, 1.82) is 0 Å². The number of halogens is 1. The van der Waals surface area contributed by atoms with Crippen molar-refractivity contribution in [3.63, 3.8) is 0 Å². The first kappa shape index (κ1) is 20.7. The molecule has 4 nitrogen and oxygen atoms in total. The molecule has 2 aliphatic rings. The van der Waals surface area contributed by atoms with Gasteiger partial charge in [-0.15, -0.1) is 0 Å². The van der Waals surface area contributed by atoms with E-state index < -0.39 is 6.10 Å². The van der Waals surface area contributed by atoms with E-state index in [9.17, 15) is 5.11 Å². The first-order chi connectivity index (χ1) is 14.1. The van der Waals surface area contributed by atoms with Crippen LogP contribution in [-0.4, -0.2) is 37.1 Å². The van der Waals surface area contributed by atoms with Crippen molar-refractivity contribution in [2.75, 3.05) is 19.8 Å². The number of aliphatic hydroxyl groups is 1. The first-order valence-electron chi connectivity index (χ1n) is 10.6. The highest BCUT2D eigenvalue weighted by molar-refractivity contribution is 6.31. The molecule has 0 radical (unpaired) electrons. The molecule has 2 aromatic rings. The second-order valence-electron chi connectivity index (χ2n) is 7.98. The van der Waals surface area contributed by atoms with Crippen LogP contribution >= 0.6 is 11.6 Å². The van der Waals surface area contributed by atoms with E-state index in [0.29, 0.717) is 37.7 Å². The topological polar surface area (TPSA) is 47.9 Å². The molecule has 1 N–H and O–H groups in total. The summed E-state index contributed by atoms with van der Waals surface area (Å²) in [5.74, 6) is 0.750. The van der Waals surface area contributed by atoms with Gasteiger partial charge in [-0.05, 0) is 41.7 Å². The third-order valence-corrected chi connectivity index (χ3v) is 6.08. The van der Waals surface area contributed by atoms with E-state index >= 15 is 0 Å². The summed E-state index contributed by atoms with van der Waals surface area (Å²) in [5.41, 5.74) is 4.56. The summed E-state index contributed by atoms with van der Waals surface area (Å²) >= 11 is 6.64. The van der Waals surface area contributed by atoms with E-state index in [4.69, 9.17) is 25.8 Å². The van der Waals surface area contributed by atoms with Gasteiger partial charge < -0.3 is 19.3 Å². The highest BCUT2D eigenvalue weighted by Crippen LogP contribution is 2.40. The molecule has 2 aromatic carbocycles. The number of aliphatic hydroxyl groups excluding tert-OH is 1. The van der Waals surface area contributed by atoms with Gasteiger partial charge in [0.25, 0.3) is 0 Å². The molecule has 1 saturated heterocycles. The number of benzene rings is 2. The number of aryl methyl sites for hydroxylation is 1. The minimum absolute atomic E-state index is 0.101. The predicted molar refractivity (Wildman–Crippen MR) is 114 cm³/mol. The van der Waals surface area contributed by atoms with Crippen LogP contribution in [0.25, 0.3) is 0 Å². The highest BCUT2D eigenvalue weighted by atomic mass is 35.5. The molecule has 29 heavy (non-hydrogen) atoms. The SMILES string of the molecule is CCc1ccc(Cc2cc3c(cc2Cl)OCCCOCC2CC(O)CC3O2)cc1. The molecule has 4 rings (SSSR count). The molecule has 156 valence electrons. The van der Waals surface area contributed by atoms with Crippen LogP contribution in [0.15, 0.2) is 36.4 Å². The van der Waals surface area contributed by atoms with Crippen molar-refractivity contribution in [3.8, 4) is 5.75 Å². The van der Waals surface area contributed by atoms with E-state index in [0.717, 1.165) is 36.1 Å². The Balaban J connectivity index is 1.65. The largest absolute Gasteiger partial charge is 0.493 e. The lowest BCUT2D eigenvalue weighted by Gasteiger charge is -2.34. The Hall–Kier alpha value is -1.59. The number of ether oxygens (including phenoxy) is 3. The van der Waals surface area contributed by atoms with Crippen molar-refractivity contribution in [1.82, 2.24) is 0 Å². The van der Waals surface area contributed by atoms with Crippen molar-refractivity contribution < 1.29 is 19.3 Å². The van der Waals surface area contributed by atoms with Gasteiger partial charge in [0.15, 0.2) is 0 Å².